The van der Waals surface area contributed by atoms with Crippen LogP contribution in [0.4, 0.5) is 20.5 Å². The second-order valence-electron chi connectivity index (χ2n) is 8.83. The normalized spacial score (nSPS) is 22.1. The van der Waals surface area contributed by atoms with Crippen LogP contribution in [0.15, 0.2) is 24.4 Å². The lowest BCUT2D eigenvalue weighted by Crippen LogP contribution is -2.20. The van der Waals surface area contributed by atoms with Gasteiger partial charge in [-0.3, -0.25) is 0 Å². The molecule has 0 saturated heterocycles. The van der Waals surface area contributed by atoms with Gasteiger partial charge in [0, 0.05) is 24.8 Å². The number of hydrogen-bond acceptors (Lipinski definition) is 6. The van der Waals surface area contributed by atoms with Gasteiger partial charge in [0.2, 0.25) is 5.95 Å². The van der Waals surface area contributed by atoms with Crippen LogP contribution in [0.5, 0.6) is 0 Å². The molecule has 0 aromatic carbocycles. The molecule has 2 saturated carbocycles. The van der Waals surface area contributed by atoms with Gasteiger partial charge in [0.05, 0.1) is 12.2 Å². The molecule has 2 N–H and O–H groups in total. The summed E-state index contributed by atoms with van der Waals surface area (Å²) < 4.78 is 29.4. The van der Waals surface area contributed by atoms with Gasteiger partial charge in [-0.15, -0.1) is 5.10 Å². The Bertz CT molecular complexity index is 1320. The largest absolute Gasteiger partial charge is 0.371 e. The molecule has 2 fully saturated rings. The molecule has 2 aliphatic rings. The summed E-state index contributed by atoms with van der Waals surface area (Å²) in [7, 11) is 1.82. The van der Waals surface area contributed by atoms with E-state index >= 15 is 0 Å². The first-order valence-electron chi connectivity index (χ1n) is 11.0. The maximum atomic E-state index is 13.1. The summed E-state index contributed by atoms with van der Waals surface area (Å²) in [6, 6.07) is 6.03. The standard InChI is InChI=1S/C22H24F2N8/c1-11-26-17-4-3-16(28-21(17)31(11)10-18(23)24)15-5-6-32-19(15)20(25-2)29-22(30-32)27-14-8-12-7-13(12)9-14/h3-6,12-14,18H,7-10H2,1-2H3,(H2,25,27,29,30). The van der Waals surface area contributed by atoms with E-state index in [1.807, 2.05) is 31.4 Å². The minimum atomic E-state index is -2.48. The highest BCUT2D eigenvalue weighted by Crippen LogP contribution is 2.52. The third kappa shape index (κ3) is 3.16. The van der Waals surface area contributed by atoms with E-state index in [9.17, 15) is 8.78 Å². The Morgan fingerprint density at radius 2 is 1.91 bits per heavy atom. The first-order valence-corrected chi connectivity index (χ1v) is 11.0. The van der Waals surface area contributed by atoms with E-state index in [0.717, 1.165) is 22.9 Å². The molecule has 2 aliphatic carbocycles. The first-order chi connectivity index (χ1) is 15.5. The van der Waals surface area contributed by atoms with Crippen molar-refractivity contribution in [2.24, 2.45) is 11.8 Å². The molecule has 10 heteroatoms. The number of imidazole rings is 1. The van der Waals surface area contributed by atoms with Crippen molar-refractivity contribution in [2.75, 3.05) is 17.7 Å². The van der Waals surface area contributed by atoms with Gasteiger partial charge < -0.3 is 15.2 Å². The molecule has 2 atom stereocenters. The third-order valence-corrected chi connectivity index (χ3v) is 6.70. The predicted octanol–water partition coefficient (Wildman–Crippen LogP) is 3.97. The summed E-state index contributed by atoms with van der Waals surface area (Å²) >= 11 is 0. The molecule has 4 heterocycles. The van der Waals surface area contributed by atoms with Crippen molar-refractivity contribution < 1.29 is 8.78 Å². The van der Waals surface area contributed by atoms with Crippen LogP contribution >= 0.6 is 0 Å². The number of aryl methyl sites for hydroxylation is 1. The summed E-state index contributed by atoms with van der Waals surface area (Å²) in [6.45, 7) is 1.28. The van der Waals surface area contributed by atoms with Gasteiger partial charge in [0.1, 0.15) is 16.9 Å². The lowest BCUT2D eigenvalue weighted by atomic mass is 10.1. The number of fused-ring (bicyclic) bond motifs is 3. The van der Waals surface area contributed by atoms with Crippen LogP contribution in [0.2, 0.25) is 0 Å². The lowest BCUT2D eigenvalue weighted by molar-refractivity contribution is 0.127. The predicted molar refractivity (Wildman–Crippen MR) is 118 cm³/mol. The molecular formula is C22H24F2N8. The molecule has 4 aromatic heterocycles. The number of hydrogen-bond donors (Lipinski definition) is 2. The summed E-state index contributed by atoms with van der Waals surface area (Å²) in [4.78, 5) is 13.8. The van der Waals surface area contributed by atoms with Gasteiger partial charge in [0.25, 0.3) is 6.43 Å². The van der Waals surface area contributed by atoms with Crippen LogP contribution in [0, 0.1) is 18.8 Å². The van der Waals surface area contributed by atoms with Gasteiger partial charge >= 0.3 is 0 Å². The highest BCUT2D eigenvalue weighted by atomic mass is 19.3. The van der Waals surface area contributed by atoms with Crippen molar-refractivity contribution >= 4 is 28.4 Å². The molecule has 0 spiro atoms. The number of alkyl halides is 2. The number of nitrogens with one attached hydrogen (secondary N) is 2. The number of nitrogens with zero attached hydrogens (tertiary/aromatic N) is 6. The minimum Gasteiger partial charge on any atom is -0.371 e. The molecule has 0 bridgehead atoms. The van der Waals surface area contributed by atoms with Crippen LogP contribution in [0.25, 0.3) is 27.9 Å². The number of aromatic nitrogens is 6. The average molecular weight is 438 g/mol. The van der Waals surface area contributed by atoms with E-state index in [0.29, 0.717) is 40.5 Å². The molecular weight excluding hydrogens is 414 g/mol. The molecule has 2 unspecified atom stereocenters. The van der Waals surface area contributed by atoms with Gasteiger partial charge in [-0.1, -0.05) is 0 Å². The number of halogens is 2. The Morgan fingerprint density at radius 1 is 1.09 bits per heavy atom. The van der Waals surface area contributed by atoms with Crippen molar-refractivity contribution in [3.05, 3.63) is 30.2 Å². The molecule has 166 valence electrons. The van der Waals surface area contributed by atoms with Crippen LogP contribution in [0.3, 0.4) is 0 Å². The Morgan fingerprint density at radius 3 is 2.66 bits per heavy atom. The van der Waals surface area contributed by atoms with E-state index in [-0.39, 0.29) is 0 Å². The smallest absolute Gasteiger partial charge is 0.256 e. The van der Waals surface area contributed by atoms with Gasteiger partial charge in [-0.2, -0.15) is 4.98 Å². The monoisotopic (exact) mass is 438 g/mol. The Balaban J connectivity index is 1.40. The molecule has 0 aliphatic heterocycles. The molecule has 8 nitrogen and oxygen atoms in total. The van der Waals surface area contributed by atoms with Crippen molar-refractivity contribution in [1.29, 1.82) is 0 Å². The maximum absolute atomic E-state index is 13.1. The van der Waals surface area contributed by atoms with Gasteiger partial charge in [-0.05, 0) is 56.2 Å². The molecule has 4 aromatic rings. The fourth-order valence-electron chi connectivity index (χ4n) is 5.10. The van der Waals surface area contributed by atoms with E-state index in [2.05, 4.69) is 20.7 Å². The Kier molecular flexibility index (Phi) is 4.31. The van der Waals surface area contributed by atoms with Crippen molar-refractivity contribution in [3.8, 4) is 11.3 Å². The van der Waals surface area contributed by atoms with Gasteiger partial charge in [-0.25, -0.2) is 23.3 Å². The molecule has 0 radical (unpaired) electrons. The average Bonchev–Trinajstić information content (AvgIpc) is 3.09. The summed E-state index contributed by atoms with van der Waals surface area (Å²) in [5, 5.41) is 11.3. The SMILES string of the molecule is CNc1nc(NC2CC3CC3C2)nn2ccc(-c3ccc4nc(C)n(CC(F)F)c4n3)c12. The summed E-state index contributed by atoms with van der Waals surface area (Å²) in [5.41, 5.74) is 3.32. The van der Waals surface area contributed by atoms with E-state index < -0.39 is 13.0 Å². The van der Waals surface area contributed by atoms with Crippen LogP contribution < -0.4 is 10.6 Å². The van der Waals surface area contributed by atoms with E-state index in [4.69, 9.17) is 9.97 Å². The number of pyridine rings is 1. The topological polar surface area (TPSA) is 85.0 Å². The second kappa shape index (κ2) is 7.11. The maximum Gasteiger partial charge on any atom is 0.256 e. The number of rotatable bonds is 6. The van der Waals surface area contributed by atoms with Crippen LogP contribution in [-0.4, -0.2) is 48.6 Å². The summed E-state index contributed by atoms with van der Waals surface area (Å²) in [5.74, 6) is 3.56. The Hall–Kier alpha value is -3.30. The third-order valence-electron chi connectivity index (χ3n) is 6.70. The second-order valence-corrected chi connectivity index (χ2v) is 8.83. The molecule has 6 rings (SSSR count). The highest BCUT2D eigenvalue weighted by molar-refractivity contribution is 5.89. The fraction of sp³-hybridized carbons (Fsp3) is 0.455. The highest BCUT2D eigenvalue weighted by Gasteiger charge is 2.46. The lowest BCUT2D eigenvalue weighted by Gasteiger charge is -2.15. The van der Waals surface area contributed by atoms with Crippen molar-refractivity contribution in [2.45, 2.75) is 45.2 Å². The minimum absolute atomic E-state index is 0.429. The fourth-order valence-corrected chi connectivity index (χ4v) is 5.10. The van der Waals surface area contributed by atoms with Crippen molar-refractivity contribution in [3.63, 3.8) is 0 Å². The van der Waals surface area contributed by atoms with Crippen LogP contribution in [0.1, 0.15) is 25.1 Å². The zero-order valence-corrected chi connectivity index (χ0v) is 17.9. The summed E-state index contributed by atoms with van der Waals surface area (Å²) in [6.07, 6.45) is 3.14. The Labute approximate surface area is 183 Å². The van der Waals surface area contributed by atoms with E-state index in [1.54, 1.807) is 11.4 Å². The first kappa shape index (κ1) is 19.4. The van der Waals surface area contributed by atoms with Crippen molar-refractivity contribution in [1.82, 2.24) is 29.1 Å². The molecule has 0 amide bonds. The van der Waals surface area contributed by atoms with Crippen LogP contribution in [-0.2, 0) is 6.54 Å². The molecule has 32 heavy (non-hydrogen) atoms. The zero-order chi connectivity index (χ0) is 22.0. The number of anilines is 2. The quantitative estimate of drug-likeness (QED) is 0.474. The zero-order valence-electron chi connectivity index (χ0n) is 17.9. The van der Waals surface area contributed by atoms with E-state index in [1.165, 1.54) is 23.8 Å². The van der Waals surface area contributed by atoms with Gasteiger partial charge in [0.15, 0.2) is 11.5 Å².